The van der Waals surface area contributed by atoms with E-state index in [0.717, 1.165) is 5.56 Å². The SMILES string of the molecule is C[C@H](Oc1ccc(OCc2ccccc2)cc1)C(=O)NC(N)=O. The number of hydrogen-bond acceptors (Lipinski definition) is 4. The number of carbonyl (C=O) groups is 2. The Hall–Kier alpha value is -3.02. The number of imide groups is 1. The zero-order valence-corrected chi connectivity index (χ0v) is 12.7. The molecule has 0 aliphatic rings. The number of ether oxygens (including phenoxy) is 2. The maximum Gasteiger partial charge on any atom is 0.318 e. The fraction of sp³-hybridized carbons (Fsp3) is 0.176. The maximum absolute atomic E-state index is 11.5. The Morgan fingerprint density at radius 1 is 1.04 bits per heavy atom. The van der Waals surface area contributed by atoms with Gasteiger partial charge in [0.25, 0.3) is 5.91 Å². The number of hydrogen-bond donors (Lipinski definition) is 2. The zero-order chi connectivity index (χ0) is 16.7. The van der Waals surface area contributed by atoms with E-state index in [2.05, 4.69) is 0 Å². The van der Waals surface area contributed by atoms with Crippen LogP contribution in [0.25, 0.3) is 0 Å². The highest BCUT2D eigenvalue weighted by Crippen LogP contribution is 2.19. The van der Waals surface area contributed by atoms with E-state index < -0.39 is 18.0 Å². The third-order valence-corrected chi connectivity index (χ3v) is 3.00. The van der Waals surface area contributed by atoms with Gasteiger partial charge in [0, 0.05) is 0 Å². The zero-order valence-electron chi connectivity index (χ0n) is 12.7. The molecule has 0 aromatic heterocycles. The molecule has 1 atom stereocenters. The van der Waals surface area contributed by atoms with E-state index in [-0.39, 0.29) is 0 Å². The molecule has 23 heavy (non-hydrogen) atoms. The number of nitrogens with two attached hydrogens (primary N) is 1. The molecule has 0 radical (unpaired) electrons. The Labute approximate surface area is 134 Å². The van der Waals surface area contributed by atoms with E-state index in [4.69, 9.17) is 15.2 Å². The molecule has 2 aromatic carbocycles. The van der Waals surface area contributed by atoms with Gasteiger partial charge in [0.05, 0.1) is 0 Å². The minimum Gasteiger partial charge on any atom is -0.489 e. The second-order valence-electron chi connectivity index (χ2n) is 4.86. The maximum atomic E-state index is 11.5. The summed E-state index contributed by atoms with van der Waals surface area (Å²) in [6, 6.07) is 15.8. The van der Waals surface area contributed by atoms with Crippen molar-refractivity contribution in [2.75, 3.05) is 0 Å². The minimum atomic E-state index is -0.907. The Bertz CT molecular complexity index is 656. The van der Waals surface area contributed by atoms with Crippen molar-refractivity contribution < 1.29 is 19.1 Å². The summed E-state index contributed by atoms with van der Waals surface area (Å²) in [6.07, 6.45) is -0.835. The van der Waals surface area contributed by atoms with Crippen molar-refractivity contribution in [3.05, 3.63) is 60.2 Å². The molecule has 0 spiro atoms. The molecule has 2 aromatic rings. The minimum absolute atomic E-state index is 0.471. The third kappa shape index (κ3) is 5.35. The number of nitrogens with one attached hydrogen (secondary N) is 1. The van der Waals surface area contributed by atoms with Crippen molar-refractivity contribution in [3.8, 4) is 11.5 Å². The lowest BCUT2D eigenvalue weighted by atomic mass is 10.2. The Morgan fingerprint density at radius 2 is 1.65 bits per heavy atom. The topological polar surface area (TPSA) is 90.7 Å². The molecule has 6 heteroatoms. The van der Waals surface area contributed by atoms with Gasteiger partial charge in [-0.2, -0.15) is 0 Å². The molecule has 0 aliphatic carbocycles. The molecular formula is C17H18N2O4. The first-order chi connectivity index (χ1) is 11.0. The summed E-state index contributed by atoms with van der Waals surface area (Å²) >= 11 is 0. The molecule has 0 bridgehead atoms. The van der Waals surface area contributed by atoms with E-state index in [1.54, 1.807) is 24.3 Å². The van der Waals surface area contributed by atoms with Gasteiger partial charge < -0.3 is 15.2 Å². The predicted octanol–water partition coefficient (Wildman–Crippen LogP) is 2.23. The highest BCUT2D eigenvalue weighted by molar-refractivity contribution is 5.95. The van der Waals surface area contributed by atoms with Crippen LogP contribution in [0, 0.1) is 0 Å². The molecule has 2 rings (SSSR count). The molecule has 0 unspecified atom stereocenters. The summed E-state index contributed by atoms with van der Waals surface area (Å²) in [5.74, 6) is 0.585. The van der Waals surface area contributed by atoms with E-state index in [9.17, 15) is 9.59 Å². The van der Waals surface area contributed by atoms with Crippen LogP contribution in [0.2, 0.25) is 0 Å². The Balaban J connectivity index is 1.86. The largest absolute Gasteiger partial charge is 0.489 e. The standard InChI is InChI=1S/C17H18N2O4/c1-12(16(20)19-17(18)21)23-15-9-7-14(8-10-15)22-11-13-5-3-2-4-6-13/h2-10,12H,11H2,1H3,(H3,18,19,20,21)/t12-/m0/s1. The van der Waals surface area contributed by atoms with Crippen LogP contribution < -0.4 is 20.5 Å². The lowest BCUT2D eigenvalue weighted by Gasteiger charge is -2.14. The van der Waals surface area contributed by atoms with Crippen molar-refractivity contribution in [3.63, 3.8) is 0 Å². The molecule has 0 heterocycles. The summed E-state index contributed by atoms with van der Waals surface area (Å²) in [6.45, 7) is 2.00. The van der Waals surface area contributed by atoms with Crippen molar-refractivity contribution in [2.45, 2.75) is 19.6 Å². The van der Waals surface area contributed by atoms with Crippen molar-refractivity contribution >= 4 is 11.9 Å². The molecule has 0 saturated heterocycles. The average molecular weight is 314 g/mol. The fourth-order valence-corrected chi connectivity index (χ4v) is 1.84. The second kappa shape index (κ2) is 7.84. The van der Waals surface area contributed by atoms with Gasteiger partial charge >= 0.3 is 6.03 Å². The first-order valence-electron chi connectivity index (χ1n) is 7.08. The van der Waals surface area contributed by atoms with Crippen molar-refractivity contribution in [1.82, 2.24) is 5.32 Å². The van der Waals surface area contributed by atoms with Crippen LogP contribution in [0.3, 0.4) is 0 Å². The molecular weight excluding hydrogens is 296 g/mol. The lowest BCUT2D eigenvalue weighted by molar-refractivity contribution is -0.126. The number of amides is 3. The number of benzene rings is 2. The highest BCUT2D eigenvalue weighted by atomic mass is 16.5. The van der Waals surface area contributed by atoms with E-state index in [1.807, 2.05) is 35.6 Å². The van der Waals surface area contributed by atoms with Gasteiger partial charge in [-0.15, -0.1) is 0 Å². The monoisotopic (exact) mass is 314 g/mol. The number of primary amides is 1. The lowest BCUT2D eigenvalue weighted by Crippen LogP contribution is -2.42. The van der Waals surface area contributed by atoms with Crippen LogP contribution in [-0.4, -0.2) is 18.0 Å². The van der Waals surface area contributed by atoms with E-state index in [1.165, 1.54) is 6.92 Å². The molecule has 0 fully saturated rings. The highest BCUT2D eigenvalue weighted by Gasteiger charge is 2.15. The first kappa shape index (κ1) is 16.4. The quantitative estimate of drug-likeness (QED) is 0.855. The van der Waals surface area contributed by atoms with E-state index >= 15 is 0 Å². The van der Waals surface area contributed by atoms with E-state index in [0.29, 0.717) is 18.1 Å². The third-order valence-electron chi connectivity index (χ3n) is 3.00. The van der Waals surface area contributed by atoms with Crippen LogP contribution >= 0.6 is 0 Å². The smallest absolute Gasteiger partial charge is 0.318 e. The van der Waals surface area contributed by atoms with Crippen LogP contribution in [-0.2, 0) is 11.4 Å². The molecule has 3 N–H and O–H groups in total. The fourth-order valence-electron chi connectivity index (χ4n) is 1.84. The van der Waals surface area contributed by atoms with Gasteiger partial charge in [0.15, 0.2) is 6.10 Å². The van der Waals surface area contributed by atoms with Crippen LogP contribution in [0.5, 0.6) is 11.5 Å². The predicted molar refractivity (Wildman–Crippen MR) is 85.0 cm³/mol. The van der Waals surface area contributed by atoms with Crippen molar-refractivity contribution in [2.24, 2.45) is 5.73 Å². The van der Waals surface area contributed by atoms with Crippen LogP contribution in [0.4, 0.5) is 4.79 Å². The number of urea groups is 1. The van der Waals surface area contributed by atoms with Crippen molar-refractivity contribution in [1.29, 1.82) is 0 Å². The summed E-state index contributed by atoms with van der Waals surface area (Å²) in [7, 11) is 0. The van der Waals surface area contributed by atoms with Gasteiger partial charge in [-0.25, -0.2) is 4.79 Å². The van der Waals surface area contributed by atoms with Crippen LogP contribution in [0.1, 0.15) is 12.5 Å². The summed E-state index contributed by atoms with van der Waals surface area (Å²) in [5, 5.41) is 1.96. The average Bonchev–Trinajstić information content (AvgIpc) is 2.54. The first-order valence-corrected chi connectivity index (χ1v) is 7.08. The molecule has 120 valence electrons. The molecule has 0 aliphatic heterocycles. The second-order valence-corrected chi connectivity index (χ2v) is 4.86. The summed E-state index contributed by atoms with van der Waals surface area (Å²) < 4.78 is 11.1. The molecule has 0 saturated carbocycles. The molecule has 6 nitrogen and oxygen atoms in total. The van der Waals surface area contributed by atoms with Gasteiger partial charge in [-0.1, -0.05) is 30.3 Å². The summed E-state index contributed by atoms with van der Waals surface area (Å²) in [5.41, 5.74) is 5.96. The van der Waals surface area contributed by atoms with Gasteiger partial charge in [0.1, 0.15) is 18.1 Å². The van der Waals surface area contributed by atoms with Gasteiger partial charge in [-0.05, 0) is 36.8 Å². The normalized spacial score (nSPS) is 11.3. The Morgan fingerprint density at radius 3 is 2.26 bits per heavy atom. The number of rotatable bonds is 6. The Kier molecular flexibility index (Phi) is 5.57. The molecule has 3 amide bonds. The van der Waals surface area contributed by atoms with Gasteiger partial charge in [-0.3, -0.25) is 10.1 Å². The summed E-state index contributed by atoms with van der Waals surface area (Å²) in [4.78, 5) is 22.1. The van der Waals surface area contributed by atoms with Crippen LogP contribution in [0.15, 0.2) is 54.6 Å². The number of carbonyl (C=O) groups excluding carboxylic acids is 2. The van der Waals surface area contributed by atoms with Gasteiger partial charge in [0.2, 0.25) is 0 Å².